The van der Waals surface area contributed by atoms with E-state index in [-0.39, 0.29) is 29.1 Å². The molecule has 3 heteroatoms. The lowest BCUT2D eigenvalue weighted by atomic mass is 9.43. The Morgan fingerprint density at radius 2 is 2.00 bits per heavy atom. The van der Waals surface area contributed by atoms with Crippen molar-refractivity contribution in [1.29, 1.82) is 0 Å². The molecule has 0 unspecified atom stereocenters. The van der Waals surface area contributed by atoms with E-state index in [0.29, 0.717) is 18.4 Å². The zero-order chi connectivity index (χ0) is 18.0. The number of aliphatic hydroxyl groups excluding tert-OH is 1. The highest BCUT2D eigenvalue weighted by Crippen LogP contribution is 2.66. The molecule has 0 amide bonds. The number of ether oxygens (including phenoxy) is 1. The lowest BCUT2D eigenvalue weighted by Crippen LogP contribution is -2.62. The maximum Gasteiger partial charge on any atom is 0.0839 e. The highest BCUT2D eigenvalue weighted by molar-refractivity contribution is 5.23. The Morgan fingerprint density at radius 1 is 1.24 bits per heavy atom. The highest BCUT2D eigenvalue weighted by Gasteiger charge is 2.62. The van der Waals surface area contributed by atoms with Gasteiger partial charge in [-0.1, -0.05) is 26.0 Å². The third-order valence-corrected chi connectivity index (χ3v) is 9.00. The van der Waals surface area contributed by atoms with Crippen molar-refractivity contribution >= 4 is 0 Å². The number of hydrogen-bond donors (Lipinski definition) is 2. The molecular weight excluding hydrogens is 310 g/mol. The fourth-order valence-corrected chi connectivity index (χ4v) is 7.80. The maximum absolute atomic E-state index is 10.6. The molecule has 4 saturated carbocycles. The zero-order valence-corrected chi connectivity index (χ0v) is 16.3. The Morgan fingerprint density at radius 3 is 2.72 bits per heavy atom. The van der Waals surface area contributed by atoms with Gasteiger partial charge in [0.25, 0.3) is 0 Å². The summed E-state index contributed by atoms with van der Waals surface area (Å²) in [6, 6.07) is 0.256. The normalized spacial score (nSPS) is 55.4. The van der Waals surface area contributed by atoms with Crippen LogP contribution in [0.1, 0.15) is 65.7 Å². The SMILES string of the molecule is C=C1CC[C@H]2[C@@H]3CC[C@H]4C[C@H](O)[C@@H](OCC)C[C@]4(C)[C@H]3[C@H](N)C[C@]12C. The Hall–Kier alpha value is -0.380. The monoisotopic (exact) mass is 347 g/mol. The molecule has 0 aromatic rings. The smallest absolute Gasteiger partial charge is 0.0839 e. The van der Waals surface area contributed by atoms with Crippen molar-refractivity contribution in [3.05, 3.63) is 12.2 Å². The molecule has 0 aromatic carbocycles. The second-order valence-corrected chi connectivity index (χ2v) is 10.0. The summed E-state index contributed by atoms with van der Waals surface area (Å²) in [5.41, 5.74) is 8.82. The van der Waals surface area contributed by atoms with Crippen molar-refractivity contribution < 1.29 is 9.84 Å². The van der Waals surface area contributed by atoms with E-state index >= 15 is 0 Å². The van der Waals surface area contributed by atoms with Crippen LogP contribution in [0.2, 0.25) is 0 Å². The predicted molar refractivity (Wildman–Crippen MR) is 101 cm³/mol. The fraction of sp³-hybridized carbons (Fsp3) is 0.909. The molecule has 9 atom stereocenters. The van der Waals surface area contributed by atoms with Crippen LogP contribution in [-0.2, 0) is 4.74 Å². The van der Waals surface area contributed by atoms with Gasteiger partial charge in [-0.05, 0) is 86.4 Å². The first kappa shape index (κ1) is 18.0. The van der Waals surface area contributed by atoms with Gasteiger partial charge in [0.15, 0.2) is 0 Å². The molecule has 25 heavy (non-hydrogen) atoms. The molecule has 3 nitrogen and oxygen atoms in total. The van der Waals surface area contributed by atoms with E-state index in [4.69, 9.17) is 10.5 Å². The fourth-order valence-electron chi connectivity index (χ4n) is 7.80. The molecule has 142 valence electrons. The predicted octanol–water partition coefficient (Wildman–Crippen LogP) is 3.90. The maximum atomic E-state index is 10.6. The minimum Gasteiger partial charge on any atom is -0.390 e. The average molecular weight is 348 g/mol. The number of fused-ring (bicyclic) bond motifs is 5. The van der Waals surface area contributed by atoms with E-state index in [9.17, 15) is 5.11 Å². The molecule has 0 aliphatic heterocycles. The Kier molecular flexibility index (Phi) is 4.37. The molecule has 4 rings (SSSR count). The number of rotatable bonds is 2. The summed E-state index contributed by atoms with van der Waals surface area (Å²) < 4.78 is 5.94. The van der Waals surface area contributed by atoms with Crippen LogP contribution in [0, 0.1) is 34.5 Å². The summed E-state index contributed by atoms with van der Waals surface area (Å²) in [6.07, 6.45) is 7.70. The van der Waals surface area contributed by atoms with Gasteiger partial charge in [0.2, 0.25) is 0 Å². The van der Waals surface area contributed by atoms with E-state index in [1.54, 1.807) is 0 Å². The summed E-state index contributed by atoms with van der Waals surface area (Å²) in [6.45, 7) is 12.0. The van der Waals surface area contributed by atoms with Crippen molar-refractivity contribution in [2.75, 3.05) is 6.61 Å². The molecule has 4 aliphatic carbocycles. The quantitative estimate of drug-likeness (QED) is 0.745. The summed E-state index contributed by atoms with van der Waals surface area (Å²) in [5, 5.41) is 10.6. The van der Waals surface area contributed by atoms with Gasteiger partial charge < -0.3 is 15.6 Å². The van der Waals surface area contributed by atoms with Crippen LogP contribution >= 0.6 is 0 Å². The molecule has 3 N–H and O–H groups in total. The van der Waals surface area contributed by atoms with Crippen molar-refractivity contribution in [3.63, 3.8) is 0 Å². The number of allylic oxidation sites excluding steroid dienone is 1. The molecule has 0 radical (unpaired) electrons. The standard InChI is InChI=1S/C22H37NO2/c1-5-25-19-12-22(4)14(10-18(19)24)7-8-15-16-9-6-13(2)21(16,3)11-17(23)20(15)22/h14-20,24H,2,5-12,23H2,1,3-4H3/t14-,15-,16-,17+,18-,19-,20+,21+,22-/m0/s1. The van der Waals surface area contributed by atoms with E-state index in [0.717, 1.165) is 31.1 Å². The number of nitrogens with two attached hydrogens (primary N) is 1. The molecule has 0 saturated heterocycles. The Labute approximate surface area is 153 Å². The van der Waals surface area contributed by atoms with Gasteiger partial charge in [0.05, 0.1) is 12.2 Å². The minimum atomic E-state index is -0.300. The minimum absolute atomic E-state index is 0.0101. The second-order valence-electron chi connectivity index (χ2n) is 10.0. The van der Waals surface area contributed by atoms with Gasteiger partial charge in [-0.25, -0.2) is 0 Å². The van der Waals surface area contributed by atoms with Crippen molar-refractivity contribution in [1.82, 2.24) is 0 Å². The molecule has 0 heterocycles. The number of hydrogen-bond acceptors (Lipinski definition) is 3. The van der Waals surface area contributed by atoms with Crippen LogP contribution in [0.3, 0.4) is 0 Å². The Bertz CT molecular complexity index is 548. The molecule has 0 bridgehead atoms. The van der Waals surface area contributed by atoms with E-state index in [1.807, 2.05) is 6.92 Å². The lowest BCUT2D eigenvalue weighted by Gasteiger charge is -2.63. The van der Waals surface area contributed by atoms with Crippen LogP contribution in [0.5, 0.6) is 0 Å². The third kappa shape index (κ3) is 2.49. The van der Waals surface area contributed by atoms with Crippen LogP contribution in [0.25, 0.3) is 0 Å². The van der Waals surface area contributed by atoms with Crippen LogP contribution in [0.4, 0.5) is 0 Å². The van der Waals surface area contributed by atoms with Crippen molar-refractivity contribution in [2.24, 2.45) is 40.2 Å². The van der Waals surface area contributed by atoms with E-state index < -0.39 is 0 Å². The first-order chi connectivity index (χ1) is 11.8. The molecular formula is C22H37NO2. The lowest BCUT2D eigenvalue weighted by molar-refractivity contribution is -0.171. The van der Waals surface area contributed by atoms with Crippen molar-refractivity contribution in [2.45, 2.75) is 84.0 Å². The van der Waals surface area contributed by atoms with E-state index in [2.05, 4.69) is 20.4 Å². The summed E-state index contributed by atoms with van der Waals surface area (Å²) in [7, 11) is 0. The summed E-state index contributed by atoms with van der Waals surface area (Å²) in [5.74, 6) is 2.66. The zero-order valence-electron chi connectivity index (χ0n) is 16.3. The van der Waals surface area contributed by atoms with Crippen molar-refractivity contribution in [3.8, 4) is 0 Å². The first-order valence-electron chi connectivity index (χ1n) is 10.5. The molecule has 0 aromatic heterocycles. The first-order valence-corrected chi connectivity index (χ1v) is 10.5. The van der Waals surface area contributed by atoms with Gasteiger partial charge in [0.1, 0.15) is 0 Å². The number of aliphatic hydroxyl groups is 1. The van der Waals surface area contributed by atoms with Crippen LogP contribution in [0.15, 0.2) is 12.2 Å². The van der Waals surface area contributed by atoms with Gasteiger partial charge >= 0.3 is 0 Å². The topological polar surface area (TPSA) is 55.5 Å². The van der Waals surface area contributed by atoms with Crippen LogP contribution < -0.4 is 5.73 Å². The van der Waals surface area contributed by atoms with Gasteiger partial charge in [-0.3, -0.25) is 0 Å². The third-order valence-electron chi connectivity index (χ3n) is 9.00. The average Bonchev–Trinajstić information content (AvgIpc) is 2.83. The Balaban J connectivity index is 1.66. The molecule has 4 aliphatic rings. The van der Waals surface area contributed by atoms with Crippen LogP contribution in [-0.4, -0.2) is 30.0 Å². The molecule has 0 spiro atoms. The van der Waals surface area contributed by atoms with E-state index in [1.165, 1.54) is 31.3 Å². The van der Waals surface area contributed by atoms with Gasteiger partial charge in [0, 0.05) is 12.6 Å². The second kappa shape index (κ2) is 6.07. The van der Waals surface area contributed by atoms with Gasteiger partial charge in [-0.2, -0.15) is 0 Å². The highest BCUT2D eigenvalue weighted by atomic mass is 16.5. The molecule has 4 fully saturated rings. The van der Waals surface area contributed by atoms with Gasteiger partial charge in [-0.15, -0.1) is 0 Å². The summed E-state index contributed by atoms with van der Waals surface area (Å²) in [4.78, 5) is 0. The summed E-state index contributed by atoms with van der Waals surface area (Å²) >= 11 is 0. The largest absolute Gasteiger partial charge is 0.390 e.